The minimum atomic E-state index is 0. The van der Waals surface area contributed by atoms with Crippen LogP contribution >= 0.6 is 24.0 Å². The van der Waals surface area contributed by atoms with E-state index in [0.717, 1.165) is 41.7 Å². The molecule has 1 aliphatic heterocycles. The quantitative estimate of drug-likeness (QED) is 0.348. The predicted molar refractivity (Wildman–Crippen MR) is 123 cm³/mol. The number of guanidine groups is 1. The lowest BCUT2D eigenvalue weighted by Crippen LogP contribution is -2.37. The number of ether oxygens (including phenoxy) is 2. The molecule has 3 rings (SSSR count). The molecule has 2 aromatic rings. The second kappa shape index (κ2) is 11.1. The fourth-order valence-electron chi connectivity index (χ4n) is 3.08. The van der Waals surface area contributed by atoms with Crippen molar-refractivity contribution in [2.75, 3.05) is 13.2 Å². The van der Waals surface area contributed by atoms with Crippen LogP contribution in [0.15, 0.2) is 41.5 Å². The zero-order valence-corrected chi connectivity index (χ0v) is 19.0. The summed E-state index contributed by atoms with van der Waals surface area (Å²) in [5.41, 5.74) is 3.21. The van der Waals surface area contributed by atoms with Gasteiger partial charge in [0.1, 0.15) is 17.6 Å². The minimum absolute atomic E-state index is 0. The summed E-state index contributed by atoms with van der Waals surface area (Å²) in [6.07, 6.45) is 2.93. The molecule has 0 spiro atoms. The molecule has 2 N–H and O–H groups in total. The van der Waals surface area contributed by atoms with E-state index in [4.69, 9.17) is 14.5 Å². The number of rotatable bonds is 7. The SMILES string of the molecule is CCNC(=NCc1cc2c(cc1OCC)CC(C)O2)NCc1ccccn1.I. The zero-order chi connectivity index (χ0) is 19.1. The van der Waals surface area contributed by atoms with Crippen LogP contribution < -0.4 is 20.1 Å². The van der Waals surface area contributed by atoms with Gasteiger partial charge in [-0.15, -0.1) is 24.0 Å². The average Bonchev–Trinajstić information content (AvgIpc) is 3.04. The fourth-order valence-corrected chi connectivity index (χ4v) is 3.08. The number of nitrogens with zero attached hydrogens (tertiary/aromatic N) is 2. The fraction of sp³-hybridized carbons (Fsp3) is 0.429. The molecule has 0 aliphatic carbocycles. The molecular weight excluding hydrogens is 467 g/mol. The molecule has 28 heavy (non-hydrogen) atoms. The van der Waals surface area contributed by atoms with Crippen molar-refractivity contribution in [3.05, 3.63) is 53.3 Å². The Morgan fingerprint density at radius 3 is 2.86 bits per heavy atom. The van der Waals surface area contributed by atoms with Crippen molar-refractivity contribution in [1.82, 2.24) is 15.6 Å². The van der Waals surface area contributed by atoms with Gasteiger partial charge in [-0.25, -0.2) is 4.99 Å². The van der Waals surface area contributed by atoms with Crippen LogP contribution in [0.4, 0.5) is 0 Å². The molecule has 0 saturated carbocycles. The number of aromatic nitrogens is 1. The number of benzene rings is 1. The highest BCUT2D eigenvalue weighted by Gasteiger charge is 2.21. The molecule has 1 unspecified atom stereocenters. The van der Waals surface area contributed by atoms with Crippen LogP contribution in [0, 0.1) is 0 Å². The third-order valence-electron chi connectivity index (χ3n) is 4.29. The van der Waals surface area contributed by atoms with Gasteiger partial charge in [-0.3, -0.25) is 4.98 Å². The van der Waals surface area contributed by atoms with Gasteiger partial charge in [0.2, 0.25) is 0 Å². The third kappa shape index (κ3) is 5.98. The molecule has 0 fully saturated rings. The van der Waals surface area contributed by atoms with Gasteiger partial charge in [-0.05, 0) is 45.0 Å². The molecule has 1 atom stereocenters. The van der Waals surface area contributed by atoms with Crippen molar-refractivity contribution in [3.8, 4) is 11.5 Å². The Kier molecular flexibility index (Phi) is 8.82. The standard InChI is InChI=1S/C21H28N4O2.HI/c1-4-22-21(25-14-18-8-6-7-9-23-18)24-13-17-12-20-16(10-15(3)27-20)11-19(17)26-5-2;/h6-9,11-12,15H,4-5,10,13-14H2,1-3H3,(H2,22,24,25);1H. The first kappa shape index (κ1) is 22.3. The van der Waals surface area contributed by atoms with E-state index in [1.807, 2.05) is 32.0 Å². The summed E-state index contributed by atoms with van der Waals surface area (Å²) in [7, 11) is 0. The molecule has 2 heterocycles. The summed E-state index contributed by atoms with van der Waals surface area (Å²) in [5.74, 6) is 2.58. The summed E-state index contributed by atoms with van der Waals surface area (Å²) in [6, 6.07) is 10.0. The van der Waals surface area contributed by atoms with E-state index in [0.29, 0.717) is 19.7 Å². The molecule has 7 heteroatoms. The van der Waals surface area contributed by atoms with Crippen LogP contribution in [0.2, 0.25) is 0 Å². The summed E-state index contributed by atoms with van der Waals surface area (Å²) in [6.45, 7) is 8.68. The first-order valence-electron chi connectivity index (χ1n) is 9.57. The van der Waals surface area contributed by atoms with Gasteiger partial charge in [0, 0.05) is 30.3 Å². The molecule has 152 valence electrons. The molecule has 1 aromatic heterocycles. The van der Waals surface area contributed by atoms with Crippen molar-refractivity contribution in [2.45, 2.75) is 46.4 Å². The lowest BCUT2D eigenvalue weighted by molar-refractivity contribution is 0.254. The number of halogens is 1. The van der Waals surface area contributed by atoms with Crippen LogP contribution in [0.25, 0.3) is 0 Å². The monoisotopic (exact) mass is 496 g/mol. The molecule has 1 aliphatic rings. The van der Waals surface area contributed by atoms with Gasteiger partial charge in [-0.1, -0.05) is 6.07 Å². The number of pyridine rings is 1. The maximum atomic E-state index is 5.90. The third-order valence-corrected chi connectivity index (χ3v) is 4.29. The smallest absolute Gasteiger partial charge is 0.191 e. The van der Waals surface area contributed by atoms with E-state index < -0.39 is 0 Å². The van der Waals surface area contributed by atoms with E-state index in [9.17, 15) is 0 Å². The van der Waals surface area contributed by atoms with Crippen molar-refractivity contribution in [1.29, 1.82) is 0 Å². The Morgan fingerprint density at radius 1 is 1.29 bits per heavy atom. The number of hydrogen-bond donors (Lipinski definition) is 2. The number of aliphatic imine (C=N–C) groups is 1. The molecule has 6 nitrogen and oxygen atoms in total. The van der Waals surface area contributed by atoms with Crippen molar-refractivity contribution < 1.29 is 9.47 Å². The van der Waals surface area contributed by atoms with E-state index in [1.54, 1.807) is 6.20 Å². The van der Waals surface area contributed by atoms with E-state index in [1.165, 1.54) is 5.56 Å². The van der Waals surface area contributed by atoms with Gasteiger partial charge in [0.05, 0.1) is 25.4 Å². The van der Waals surface area contributed by atoms with E-state index in [-0.39, 0.29) is 30.1 Å². The lowest BCUT2D eigenvalue weighted by atomic mass is 10.1. The number of hydrogen-bond acceptors (Lipinski definition) is 4. The Balaban J connectivity index is 0.00000280. The van der Waals surface area contributed by atoms with Crippen LogP contribution in [0.3, 0.4) is 0 Å². The van der Waals surface area contributed by atoms with Crippen molar-refractivity contribution in [3.63, 3.8) is 0 Å². The Morgan fingerprint density at radius 2 is 2.14 bits per heavy atom. The largest absolute Gasteiger partial charge is 0.494 e. The van der Waals surface area contributed by atoms with Gasteiger partial charge in [-0.2, -0.15) is 0 Å². The van der Waals surface area contributed by atoms with Crippen molar-refractivity contribution in [2.24, 2.45) is 4.99 Å². The van der Waals surface area contributed by atoms with Crippen LogP contribution in [0.1, 0.15) is 37.6 Å². The molecule has 0 saturated heterocycles. The second-order valence-electron chi connectivity index (χ2n) is 6.50. The van der Waals surface area contributed by atoms with Crippen molar-refractivity contribution >= 4 is 29.9 Å². The number of fused-ring (bicyclic) bond motifs is 1. The highest BCUT2D eigenvalue weighted by molar-refractivity contribution is 14.0. The Bertz CT molecular complexity index is 783. The topological polar surface area (TPSA) is 67.8 Å². The second-order valence-corrected chi connectivity index (χ2v) is 6.50. The van der Waals surface area contributed by atoms with Gasteiger partial charge in [0.25, 0.3) is 0 Å². The maximum Gasteiger partial charge on any atom is 0.191 e. The van der Waals surface area contributed by atoms with E-state index >= 15 is 0 Å². The normalized spacial score (nSPS) is 15.2. The van der Waals surface area contributed by atoms with E-state index in [2.05, 4.69) is 34.7 Å². The molecular formula is C21H29IN4O2. The summed E-state index contributed by atoms with van der Waals surface area (Å²) in [4.78, 5) is 9.05. The zero-order valence-electron chi connectivity index (χ0n) is 16.7. The van der Waals surface area contributed by atoms with Gasteiger partial charge in [0.15, 0.2) is 5.96 Å². The van der Waals surface area contributed by atoms with Crippen LogP contribution in [0.5, 0.6) is 11.5 Å². The summed E-state index contributed by atoms with van der Waals surface area (Å²) >= 11 is 0. The summed E-state index contributed by atoms with van der Waals surface area (Å²) < 4.78 is 11.7. The molecule has 0 radical (unpaired) electrons. The number of nitrogens with one attached hydrogen (secondary N) is 2. The highest BCUT2D eigenvalue weighted by Crippen LogP contribution is 2.35. The first-order chi connectivity index (χ1) is 13.2. The summed E-state index contributed by atoms with van der Waals surface area (Å²) in [5, 5.41) is 6.60. The predicted octanol–water partition coefficient (Wildman–Crippen LogP) is 3.68. The molecule has 1 aromatic carbocycles. The molecule has 0 amide bonds. The lowest BCUT2D eigenvalue weighted by Gasteiger charge is -2.13. The van der Waals surface area contributed by atoms with Gasteiger partial charge < -0.3 is 20.1 Å². The van der Waals surface area contributed by atoms with Crippen LogP contribution in [-0.2, 0) is 19.5 Å². The van der Waals surface area contributed by atoms with Gasteiger partial charge >= 0.3 is 0 Å². The minimum Gasteiger partial charge on any atom is -0.494 e. The molecule has 0 bridgehead atoms. The van der Waals surface area contributed by atoms with Crippen LogP contribution in [-0.4, -0.2) is 30.2 Å². The highest BCUT2D eigenvalue weighted by atomic mass is 127. The average molecular weight is 496 g/mol. The Labute approximate surface area is 184 Å². The Hall–Kier alpha value is -2.03. The maximum absolute atomic E-state index is 5.90. The first-order valence-corrected chi connectivity index (χ1v) is 9.57.